The van der Waals surface area contributed by atoms with E-state index in [2.05, 4.69) is 0 Å². The first-order valence-electron chi connectivity index (χ1n) is 6.36. The first-order valence-corrected chi connectivity index (χ1v) is 7.80. The van der Waals surface area contributed by atoms with Crippen molar-refractivity contribution in [3.05, 3.63) is 29.8 Å². The maximum absolute atomic E-state index is 13.3. The lowest BCUT2D eigenvalue weighted by Crippen LogP contribution is -2.48. The Morgan fingerprint density at radius 2 is 1.90 bits per heavy atom. The highest BCUT2D eigenvalue weighted by Gasteiger charge is 2.42. The number of rotatable bonds is 3. The fourth-order valence-electron chi connectivity index (χ4n) is 2.39. The SMILES string of the molecule is CC1CC(F)(F)CCN1S(=O)(=O)c1ccc(C(=O)O)cc1. The number of hydrogen-bond donors (Lipinski definition) is 1. The van der Waals surface area contributed by atoms with Crippen LogP contribution in [0.25, 0.3) is 0 Å². The van der Waals surface area contributed by atoms with Gasteiger partial charge in [-0.05, 0) is 31.2 Å². The first kappa shape index (κ1) is 15.8. The van der Waals surface area contributed by atoms with Gasteiger partial charge in [-0.15, -0.1) is 0 Å². The van der Waals surface area contributed by atoms with Crippen LogP contribution in [0.15, 0.2) is 29.2 Å². The Labute approximate surface area is 121 Å². The summed E-state index contributed by atoms with van der Waals surface area (Å²) in [5.41, 5.74) is -0.0350. The van der Waals surface area contributed by atoms with Crippen LogP contribution in [0, 0.1) is 0 Å². The number of carboxylic acids is 1. The Hall–Kier alpha value is -1.54. The standard InChI is InChI=1S/C13H15F2NO4S/c1-9-8-13(14,15)6-7-16(9)21(19,20)11-4-2-10(3-5-11)12(17)18/h2-5,9H,6-8H2,1H3,(H,17,18). The predicted molar refractivity (Wildman–Crippen MR) is 70.9 cm³/mol. The number of hydrogen-bond acceptors (Lipinski definition) is 3. The van der Waals surface area contributed by atoms with Crippen molar-refractivity contribution in [1.82, 2.24) is 4.31 Å². The van der Waals surface area contributed by atoms with E-state index in [1.54, 1.807) is 0 Å². The van der Waals surface area contributed by atoms with Gasteiger partial charge in [-0.25, -0.2) is 22.0 Å². The molecule has 5 nitrogen and oxygen atoms in total. The van der Waals surface area contributed by atoms with Crippen LogP contribution in [0.4, 0.5) is 8.78 Å². The van der Waals surface area contributed by atoms with Crippen LogP contribution in [0.2, 0.25) is 0 Å². The van der Waals surface area contributed by atoms with Gasteiger partial charge in [0.25, 0.3) is 5.92 Å². The summed E-state index contributed by atoms with van der Waals surface area (Å²) in [6.07, 6.45) is -1.02. The van der Waals surface area contributed by atoms with Crippen LogP contribution in [-0.2, 0) is 10.0 Å². The topological polar surface area (TPSA) is 74.7 Å². The maximum Gasteiger partial charge on any atom is 0.335 e. The number of piperidine rings is 1. The maximum atomic E-state index is 13.3. The highest BCUT2D eigenvalue weighted by atomic mass is 32.2. The number of nitrogens with zero attached hydrogens (tertiary/aromatic N) is 1. The molecule has 1 aliphatic rings. The molecule has 1 atom stereocenters. The van der Waals surface area contributed by atoms with Gasteiger partial charge in [-0.2, -0.15) is 4.31 Å². The molecule has 0 aromatic heterocycles. The summed E-state index contributed by atoms with van der Waals surface area (Å²) in [4.78, 5) is 10.7. The summed E-state index contributed by atoms with van der Waals surface area (Å²) in [7, 11) is -3.90. The molecule has 0 amide bonds. The van der Waals surface area contributed by atoms with Gasteiger partial charge in [0.05, 0.1) is 10.5 Å². The van der Waals surface area contributed by atoms with Gasteiger partial charge in [-0.3, -0.25) is 0 Å². The molecule has 1 aromatic rings. The number of sulfonamides is 1. The van der Waals surface area contributed by atoms with E-state index in [-0.39, 0.29) is 17.0 Å². The summed E-state index contributed by atoms with van der Waals surface area (Å²) in [6, 6.07) is 3.91. The fraction of sp³-hybridized carbons (Fsp3) is 0.462. The summed E-state index contributed by atoms with van der Waals surface area (Å²) < 4.78 is 52.4. The molecule has 1 heterocycles. The average Bonchev–Trinajstić information content (AvgIpc) is 2.37. The smallest absolute Gasteiger partial charge is 0.335 e. The molecule has 1 fully saturated rings. The normalized spacial score (nSPS) is 22.9. The van der Waals surface area contributed by atoms with Gasteiger partial charge < -0.3 is 5.11 Å². The third-order valence-corrected chi connectivity index (χ3v) is 5.52. The fourth-order valence-corrected chi connectivity index (χ4v) is 4.02. The van der Waals surface area contributed by atoms with Crippen molar-refractivity contribution in [2.45, 2.75) is 36.6 Å². The highest BCUT2D eigenvalue weighted by Crippen LogP contribution is 2.34. The summed E-state index contributed by atoms with van der Waals surface area (Å²) >= 11 is 0. The van der Waals surface area contributed by atoms with Crippen molar-refractivity contribution in [3.63, 3.8) is 0 Å². The number of carboxylic acid groups (broad SMARTS) is 1. The zero-order valence-electron chi connectivity index (χ0n) is 11.3. The third-order valence-electron chi connectivity index (χ3n) is 3.49. The van der Waals surface area contributed by atoms with E-state index in [0.717, 1.165) is 4.31 Å². The van der Waals surface area contributed by atoms with Crippen molar-refractivity contribution >= 4 is 16.0 Å². The Bertz CT molecular complexity index is 643. The molecule has 21 heavy (non-hydrogen) atoms. The minimum absolute atomic E-state index is 0.0350. The monoisotopic (exact) mass is 319 g/mol. The molecule has 0 bridgehead atoms. The van der Waals surface area contributed by atoms with Crippen LogP contribution in [-0.4, -0.2) is 42.3 Å². The van der Waals surface area contributed by atoms with E-state index in [0.29, 0.717) is 0 Å². The van der Waals surface area contributed by atoms with Crippen LogP contribution < -0.4 is 0 Å². The summed E-state index contributed by atoms with van der Waals surface area (Å²) in [5, 5.41) is 8.78. The first-order chi connectivity index (χ1) is 9.63. The van der Waals surface area contributed by atoms with E-state index >= 15 is 0 Å². The second-order valence-electron chi connectivity index (χ2n) is 5.10. The molecule has 8 heteroatoms. The molecule has 1 N–H and O–H groups in total. The third kappa shape index (κ3) is 3.21. The Morgan fingerprint density at radius 3 is 2.38 bits per heavy atom. The van der Waals surface area contributed by atoms with Crippen molar-refractivity contribution < 1.29 is 27.1 Å². The molecule has 0 saturated carbocycles. The Balaban J connectivity index is 2.28. The number of alkyl halides is 2. The van der Waals surface area contributed by atoms with Gasteiger partial charge in [0.15, 0.2) is 0 Å². The molecule has 0 spiro atoms. The molecule has 1 aliphatic heterocycles. The molecule has 1 saturated heterocycles. The zero-order valence-corrected chi connectivity index (χ0v) is 12.1. The number of aromatic carboxylic acids is 1. The molecule has 0 aliphatic carbocycles. The quantitative estimate of drug-likeness (QED) is 0.927. The summed E-state index contributed by atoms with van der Waals surface area (Å²) in [6.45, 7) is 1.19. The van der Waals surface area contributed by atoms with Gasteiger partial charge in [-0.1, -0.05) is 0 Å². The molecular weight excluding hydrogens is 304 g/mol. The van der Waals surface area contributed by atoms with Crippen molar-refractivity contribution in [2.24, 2.45) is 0 Å². The van der Waals surface area contributed by atoms with Crippen LogP contribution >= 0.6 is 0 Å². The molecule has 1 aromatic carbocycles. The highest BCUT2D eigenvalue weighted by molar-refractivity contribution is 7.89. The van der Waals surface area contributed by atoms with E-state index < -0.39 is 40.8 Å². The lowest BCUT2D eigenvalue weighted by molar-refractivity contribution is -0.0567. The van der Waals surface area contributed by atoms with Crippen LogP contribution in [0.5, 0.6) is 0 Å². The second-order valence-corrected chi connectivity index (χ2v) is 6.99. The molecule has 1 unspecified atom stereocenters. The van der Waals surface area contributed by atoms with Gasteiger partial charge in [0, 0.05) is 25.4 Å². The Kier molecular flexibility index (Phi) is 4.03. The minimum Gasteiger partial charge on any atom is -0.478 e. The largest absolute Gasteiger partial charge is 0.478 e. The molecular formula is C13H15F2NO4S. The van der Waals surface area contributed by atoms with Gasteiger partial charge >= 0.3 is 5.97 Å². The van der Waals surface area contributed by atoms with Crippen molar-refractivity contribution in [3.8, 4) is 0 Å². The van der Waals surface area contributed by atoms with Crippen molar-refractivity contribution in [2.75, 3.05) is 6.54 Å². The lowest BCUT2D eigenvalue weighted by atomic mass is 10.0. The van der Waals surface area contributed by atoms with Gasteiger partial charge in [0.2, 0.25) is 10.0 Å². The molecule has 0 radical (unpaired) electrons. The Morgan fingerprint density at radius 1 is 1.33 bits per heavy atom. The predicted octanol–water partition coefficient (Wildman–Crippen LogP) is 2.19. The number of carbonyl (C=O) groups is 1. The lowest BCUT2D eigenvalue weighted by Gasteiger charge is -2.36. The number of benzene rings is 1. The second kappa shape index (κ2) is 5.34. The van der Waals surface area contributed by atoms with Crippen molar-refractivity contribution in [1.29, 1.82) is 0 Å². The van der Waals surface area contributed by atoms with Gasteiger partial charge in [0.1, 0.15) is 0 Å². The van der Waals surface area contributed by atoms with E-state index in [4.69, 9.17) is 5.11 Å². The van der Waals surface area contributed by atoms with Crippen LogP contribution in [0.1, 0.15) is 30.1 Å². The zero-order chi connectivity index (χ0) is 15.8. The number of halogens is 2. The minimum atomic E-state index is -3.90. The average molecular weight is 319 g/mol. The van der Waals surface area contributed by atoms with Crippen LogP contribution in [0.3, 0.4) is 0 Å². The van der Waals surface area contributed by atoms with E-state index in [1.807, 2.05) is 0 Å². The van der Waals surface area contributed by atoms with E-state index in [1.165, 1.54) is 31.2 Å². The molecule has 116 valence electrons. The summed E-state index contributed by atoms with van der Waals surface area (Å²) in [5.74, 6) is -4.01. The van der Waals surface area contributed by atoms with E-state index in [9.17, 15) is 22.0 Å². The molecule has 2 rings (SSSR count).